The van der Waals surface area contributed by atoms with E-state index in [4.69, 9.17) is 21.1 Å². The van der Waals surface area contributed by atoms with Crippen LogP contribution in [0.3, 0.4) is 0 Å². The molecule has 110 valence electrons. The quantitative estimate of drug-likeness (QED) is 0.795. The molecule has 0 amide bonds. The minimum absolute atomic E-state index is 0.0527. The number of hydrogen-bond acceptors (Lipinski definition) is 4. The largest absolute Gasteiger partial charge is 0.462 e. The molecular formula is C15H19ClO4. The van der Waals surface area contributed by atoms with Crippen LogP contribution < -0.4 is 0 Å². The third kappa shape index (κ3) is 4.53. The van der Waals surface area contributed by atoms with Crippen molar-refractivity contribution in [3.63, 3.8) is 0 Å². The van der Waals surface area contributed by atoms with E-state index in [1.54, 1.807) is 13.0 Å². The van der Waals surface area contributed by atoms with Gasteiger partial charge in [0.15, 0.2) is 0 Å². The molecule has 0 unspecified atom stereocenters. The van der Waals surface area contributed by atoms with Crippen molar-refractivity contribution in [3.8, 4) is 0 Å². The van der Waals surface area contributed by atoms with Crippen LogP contribution in [0.4, 0.5) is 0 Å². The lowest BCUT2D eigenvalue weighted by Crippen LogP contribution is -2.20. The highest BCUT2D eigenvalue weighted by atomic mass is 35.5. The fourth-order valence-corrected chi connectivity index (χ4v) is 1.72. The Balaban J connectivity index is 3.03. The smallest absolute Gasteiger partial charge is 0.340 e. The molecular weight excluding hydrogens is 280 g/mol. The topological polar surface area (TPSA) is 52.6 Å². The monoisotopic (exact) mass is 298 g/mol. The Labute approximate surface area is 124 Å². The van der Waals surface area contributed by atoms with E-state index in [9.17, 15) is 9.59 Å². The van der Waals surface area contributed by atoms with Crippen LogP contribution in [-0.4, -0.2) is 25.2 Å². The van der Waals surface area contributed by atoms with Gasteiger partial charge in [0.05, 0.1) is 29.4 Å². The normalized spacial score (nSPS) is 11.1. The Kier molecular flexibility index (Phi) is 5.57. The zero-order chi connectivity index (χ0) is 15.3. The fourth-order valence-electron chi connectivity index (χ4n) is 1.46. The summed E-state index contributed by atoms with van der Waals surface area (Å²) < 4.78 is 10.1. The minimum atomic E-state index is -0.617. The van der Waals surface area contributed by atoms with Crippen molar-refractivity contribution in [2.45, 2.75) is 27.7 Å². The highest BCUT2D eigenvalue weighted by molar-refractivity contribution is 6.34. The summed E-state index contributed by atoms with van der Waals surface area (Å²) in [5, 5.41) is 0.175. The second-order valence-electron chi connectivity index (χ2n) is 5.52. The first-order valence-electron chi connectivity index (χ1n) is 6.39. The molecule has 0 aromatic heterocycles. The summed E-state index contributed by atoms with van der Waals surface area (Å²) in [6.45, 7) is 7.98. The van der Waals surface area contributed by atoms with Crippen LogP contribution in [0.25, 0.3) is 0 Å². The van der Waals surface area contributed by atoms with Crippen LogP contribution in [0.2, 0.25) is 5.02 Å². The molecule has 1 rings (SSSR count). The van der Waals surface area contributed by atoms with Crippen molar-refractivity contribution in [1.29, 1.82) is 0 Å². The van der Waals surface area contributed by atoms with Gasteiger partial charge in [-0.15, -0.1) is 0 Å². The summed E-state index contributed by atoms with van der Waals surface area (Å²) in [6.07, 6.45) is 0. The molecule has 0 aliphatic rings. The average Bonchev–Trinajstić information content (AvgIpc) is 2.35. The molecule has 0 spiro atoms. The molecule has 0 N–H and O–H groups in total. The number of rotatable bonds is 4. The molecule has 0 radical (unpaired) electrons. The van der Waals surface area contributed by atoms with Crippen molar-refractivity contribution in [3.05, 3.63) is 34.3 Å². The Morgan fingerprint density at radius 1 is 1.15 bits per heavy atom. The van der Waals surface area contributed by atoms with E-state index < -0.39 is 11.9 Å². The summed E-state index contributed by atoms with van der Waals surface area (Å²) in [6, 6.07) is 4.63. The molecule has 0 saturated heterocycles. The lowest BCUT2D eigenvalue weighted by atomic mass is 9.98. The highest BCUT2D eigenvalue weighted by Gasteiger charge is 2.23. The minimum Gasteiger partial charge on any atom is -0.462 e. The summed E-state index contributed by atoms with van der Waals surface area (Å²) in [5.41, 5.74) is 0.0104. The highest BCUT2D eigenvalue weighted by Crippen LogP contribution is 2.23. The predicted molar refractivity (Wildman–Crippen MR) is 77.1 cm³/mol. The predicted octanol–water partition coefficient (Wildman–Crippen LogP) is 3.72. The van der Waals surface area contributed by atoms with E-state index in [-0.39, 0.29) is 34.8 Å². The number of carbonyl (C=O) groups is 2. The number of carbonyl (C=O) groups excluding carboxylic acids is 2. The van der Waals surface area contributed by atoms with Crippen molar-refractivity contribution in [1.82, 2.24) is 0 Å². The number of benzene rings is 1. The summed E-state index contributed by atoms with van der Waals surface area (Å²) in [7, 11) is 0. The molecule has 0 bridgehead atoms. The number of halogens is 1. The lowest BCUT2D eigenvalue weighted by Gasteiger charge is -2.18. The van der Waals surface area contributed by atoms with Crippen LogP contribution in [0.5, 0.6) is 0 Å². The van der Waals surface area contributed by atoms with Gasteiger partial charge in [-0.25, -0.2) is 9.59 Å². The first-order chi connectivity index (χ1) is 9.26. The van der Waals surface area contributed by atoms with E-state index in [0.29, 0.717) is 0 Å². The zero-order valence-corrected chi connectivity index (χ0v) is 12.9. The average molecular weight is 299 g/mol. The van der Waals surface area contributed by atoms with E-state index >= 15 is 0 Å². The number of hydrogen-bond donors (Lipinski definition) is 0. The SMILES string of the molecule is CCOC(=O)c1cccc(Cl)c1C(=O)OCC(C)(C)C. The third-order valence-electron chi connectivity index (χ3n) is 2.35. The second kappa shape index (κ2) is 6.75. The summed E-state index contributed by atoms with van der Waals surface area (Å²) in [5.74, 6) is -1.20. The Bertz CT molecular complexity index is 503. The Morgan fingerprint density at radius 3 is 2.35 bits per heavy atom. The fraction of sp³-hybridized carbons (Fsp3) is 0.467. The first-order valence-corrected chi connectivity index (χ1v) is 6.77. The molecule has 5 heteroatoms. The molecule has 1 aromatic rings. The molecule has 0 fully saturated rings. The Morgan fingerprint density at radius 2 is 1.80 bits per heavy atom. The summed E-state index contributed by atoms with van der Waals surface area (Å²) in [4.78, 5) is 24.0. The van der Waals surface area contributed by atoms with E-state index in [0.717, 1.165) is 0 Å². The van der Waals surface area contributed by atoms with Gasteiger partial charge >= 0.3 is 11.9 Å². The molecule has 0 atom stereocenters. The number of esters is 2. The molecule has 1 aromatic carbocycles. The van der Waals surface area contributed by atoms with Crippen LogP contribution in [0, 0.1) is 5.41 Å². The van der Waals surface area contributed by atoms with Gasteiger partial charge in [-0.3, -0.25) is 0 Å². The molecule has 0 heterocycles. The summed E-state index contributed by atoms with van der Waals surface area (Å²) >= 11 is 6.01. The van der Waals surface area contributed by atoms with Gasteiger partial charge in [0.2, 0.25) is 0 Å². The molecule has 0 saturated carbocycles. The maximum absolute atomic E-state index is 12.1. The zero-order valence-electron chi connectivity index (χ0n) is 12.2. The second-order valence-corrected chi connectivity index (χ2v) is 5.93. The van der Waals surface area contributed by atoms with Crippen molar-refractivity contribution in [2.24, 2.45) is 5.41 Å². The van der Waals surface area contributed by atoms with Crippen LogP contribution in [0.15, 0.2) is 18.2 Å². The molecule has 0 aliphatic heterocycles. The molecule has 20 heavy (non-hydrogen) atoms. The molecule has 0 aliphatic carbocycles. The van der Waals surface area contributed by atoms with Crippen molar-refractivity contribution in [2.75, 3.05) is 13.2 Å². The Hall–Kier alpha value is -1.55. The van der Waals surface area contributed by atoms with E-state index in [1.165, 1.54) is 12.1 Å². The number of ether oxygens (including phenoxy) is 2. The van der Waals surface area contributed by atoms with Crippen LogP contribution in [0.1, 0.15) is 48.4 Å². The van der Waals surface area contributed by atoms with Crippen molar-refractivity contribution >= 4 is 23.5 Å². The van der Waals surface area contributed by atoms with Gasteiger partial charge in [0.1, 0.15) is 0 Å². The van der Waals surface area contributed by atoms with Gasteiger partial charge in [-0.05, 0) is 24.5 Å². The van der Waals surface area contributed by atoms with E-state index in [1.807, 2.05) is 20.8 Å². The van der Waals surface area contributed by atoms with Crippen LogP contribution in [-0.2, 0) is 9.47 Å². The first kappa shape index (κ1) is 16.5. The van der Waals surface area contributed by atoms with Crippen LogP contribution >= 0.6 is 11.6 Å². The maximum atomic E-state index is 12.1. The standard InChI is InChI=1S/C15H19ClO4/c1-5-19-13(17)10-7-6-8-11(16)12(10)14(18)20-9-15(2,3)4/h6-8H,5,9H2,1-4H3. The van der Waals surface area contributed by atoms with Gasteiger partial charge in [-0.1, -0.05) is 38.4 Å². The van der Waals surface area contributed by atoms with Gasteiger partial charge < -0.3 is 9.47 Å². The van der Waals surface area contributed by atoms with Gasteiger partial charge in [-0.2, -0.15) is 0 Å². The third-order valence-corrected chi connectivity index (χ3v) is 2.66. The van der Waals surface area contributed by atoms with Gasteiger partial charge in [0.25, 0.3) is 0 Å². The lowest BCUT2D eigenvalue weighted by molar-refractivity contribution is 0.0355. The van der Waals surface area contributed by atoms with Gasteiger partial charge in [0, 0.05) is 0 Å². The maximum Gasteiger partial charge on any atom is 0.340 e. The van der Waals surface area contributed by atoms with E-state index in [2.05, 4.69) is 0 Å². The van der Waals surface area contributed by atoms with Crippen molar-refractivity contribution < 1.29 is 19.1 Å². The molecule has 4 nitrogen and oxygen atoms in total.